The van der Waals surface area contributed by atoms with Crippen molar-refractivity contribution in [2.24, 2.45) is 0 Å². The standard InChI is InChI=1S/C16H11F3N2O2/c1-8-10(3-2-6-20-8)13-11-7-9(16(17,18)19)4-5-12(11)21-15(23)14(13)22/h2-7,22H,1H3,(H,21,23). The van der Waals surface area contributed by atoms with E-state index in [9.17, 15) is 23.1 Å². The average Bonchev–Trinajstić information content (AvgIpc) is 2.48. The van der Waals surface area contributed by atoms with Crippen LogP contribution in [0.1, 0.15) is 11.3 Å². The Kier molecular flexibility index (Phi) is 3.35. The number of rotatable bonds is 1. The maximum Gasteiger partial charge on any atom is 0.416 e. The van der Waals surface area contributed by atoms with Gasteiger partial charge in [0.2, 0.25) is 0 Å². The van der Waals surface area contributed by atoms with Crippen LogP contribution in [0.15, 0.2) is 41.3 Å². The lowest BCUT2D eigenvalue weighted by Crippen LogP contribution is -2.09. The second-order valence-electron chi connectivity index (χ2n) is 5.07. The zero-order chi connectivity index (χ0) is 16.8. The molecule has 3 rings (SSSR count). The summed E-state index contributed by atoms with van der Waals surface area (Å²) in [6.07, 6.45) is -3.01. The highest BCUT2D eigenvalue weighted by Crippen LogP contribution is 2.37. The smallest absolute Gasteiger partial charge is 0.416 e. The number of benzene rings is 1. The molecule has 0 spiro atoms. The summed E-state index contributed by atoms with van der Waals surface area (Å²) in [7, 11) is 0. The van der Waals surface area contributed by atoms with Gasteiger partial charge in [-0.3, -0.25) is 9.78 Å². The molecule has 0 amide bonds. The van der Waals surface area contributed by atoms with E-state index >= 15 is 0 Å². The zero-order valence-electron chi connectivity index (χ0n) is 11.9. The molecule has 2 aromatic heterocycles. The molecule has 2 heterocycles. The van der Waals surface area contributed by atoms with Crippen molar-refractivity contribution in [1.82, 2.24) is 9.97 Å². The summed E-state index contributed by atoms with van der Waals surface area (Å²) in [5, 5.41) is 10.2. The first-order valence-electron chi connectivity index (χ1n) is 6.67. The van der Waals surface area contributed by atoms with Gasteiger partial charge in [0.25, 0.3) is 5.56 Å². The minimum Gasteiger partial charge on any atom is -0.503 e. The predicted molar refractivity (Wildman–Crippen MR) is 79.2 cm³/mol. The molecule has 0 unspecified atom stereocenters. The number of aromatic hydroxyl groups is 1. The number of H-pyrrole nitrogens is 1. The first-order valence-corrected chi connectivity index (χ1v) is 6.67. The lowest BCUT2D eigenvalue weighted by Gasteiger charge is -2.13. The fourth-order valence-corrected chi connectivity index (χ4v) is 2.48. The highest BCUT2D eigenvalue weighted by Gasteiger charge is 2.31. The lowest BCUT2D eigenvalue weighted by molar-refractivity contribution is -0.137. The molecule has 0 aliphatic carbocycles. The molecule has 2 N–H and O–H groups in total. The number of fused-ring (bicyclic) bond motifs is 1. The number of nitrogens with zero attached hydrogens (tertiary/aromatic N) is 1. The van der Waals surface area contributed by atoms with E-state index in [2.05, 4.69) is 9.97 Å². The molecule has 1 aromatic carbocycles. The van der Waals surface area contributed by atoms with Gasteiger partial charge in [0, 0.05) is 33.9 Å². The Labute approximate surface area is 128 Å². The average molecular weight is 320 g/mol. The number of hydrogen-bond donors (Lipinski definition) is 2. The van der Waals surface area contributed by atoms with Gasteiger partial charge in [-0.25, -0.2) is 0 Å². The normalized spacial score (nSPS) is 11.8. The van der Waals surface area contributed by atoms with Gasteiger partial charge in [0.15, 0.2) is 5.75 Å². The van der Waals surface area contributed by atoms with Gasteiger partial charge in [-0.15, -0.1) is 0 Å². The van der Waals surface area contributed by atoms with Crippen LogP contribution < -0.4 is 5.56 Å². The molecular formula is C16H11F3N2O2. The van der Waals surface area contributed by atoms with Gasteiger partial charge in [0.05, 0.1) is 5.56 Å². The SMILES string of the molecule is Cc1ncccc1-c1c(O)c(=O)[nH]c2ccc(C(F)(F)F)cc12. The predicted octanol–water partition coefficient (Wildman–Crippen LogP) is 3.62. The minimum absolute atomic E-state index is 0.0421. The number of aryl methyl sites for hydroxylation is 1. The molecule has 0 saturated carbocycles. The van der Waals surface area contributed by atoms with E-state index in [4.69, 9.17) is 0 Å². The second kappa shape index (κ2) is 5.12. The Morgan fingerprint density at radius 3 is 2.61 bits per heavy atom. The van der Waals surface area contributed by atoms with Crippen molar-refractivity contribution in [1.29, 1.82) is 0 Å². The van der Waals surface area contributed by atoms with E-state index in [1.165, 1.54) is 12.3 Å². The largest absolute Gasteiger partial charge is 0.503 e. The van der Waals surface area contributed by atoms with E-state index in [1.807, 2.05) is 0 Å². The topological polar surface area (TPSA) is 66.0 Å². The third-order valence-electron chi connectivity index (χ3n) is 3.59. The molecule has 0 aliphatic heterocycles. The molecule has 0 saturated heterocycles. The highest BCUT2D eigenvalue weighted by atomic mass is 19.4. The summed E-state index contributed by atoms with van der Waals surface area (Å²) < 4.78 is 38.9. The molecule has 0 atom stereocenters. The summed E-state index contributed by atoms with van der Waals surface area (Å²) in [6.45, 7) is 1.65. The van der Waals surface area contributed by atoms with Crippen LogP contribution in [-0.4, -0.2) is 15.1 Å². The molecule has 0 fully saturated rings. The fourth-order valence-electron chi connectivity index (χ4n) is 2.48. The third-order valence-corrected chi connectivity index (χ3v) is 3.59. The quantitative estimate of drug-likeness (QED) is 0.719. The molecule has 118 valence electrons. The van der Waals surface area contributed by atoms with Crippen LogP contribution in [0.4, 0.5) is 13.2 Å². The summed E-state index contributed by atoms with van der Waals surface area (Å²) >= 11 is 0. The van der Waals surface area contributed by atoms with Gasteiger partial charge < -0.3 is 10.1 Å². The van der Waals surface area contributed by atoms with E-state index in [0.717, 1.165) is 12.1 Å². The summed E-state index contributed by atoms with van der Waals surface area (Å²) in [5.41, 5.74) is -0.484. The highest BCUT2D eigenvalue weighted by molar-refractivity contribution is 5.98. The number of pyridine rings is 2. The molecule has 0 radical (unpaired) electrons. The minimum atomic E-state index is -4.53. The van der Waals surface area contributed by atoms with E-state index in [1.54, 1.807) is 19.1 Å². The first-order chi connectivity index (χ1) is 10.8. The van der Waals surface area contributed by atoms with Gasteiger partial charge in [-0.05, 0) is 31.2 Å². The second-order valence-corrected chi connectivity index (χ2v) is 5.07. The molecule has 0 aliphatic rings. The number of aromatic amines is 1. The summed E-state index contributed by atoms with van der Waals surface area (Å²) in [4.78, 5) is 18.3. The van der Waals surface area contributed by atoms with Crippen LogP contribution in [0.2, 0.25) is 0 Å². The van der Waals surface area contributed by atoms with Crippen LogP contribution in [-0.2, 0) is 6.18 Å². The Morgan fingerprint density at radius 2 is 1.96 bits per heavy atom. The van der Waals surface area contributed by atoms with Crippen molar-refractivity contribution in [3.05, 3.63) is 58.1 Å². The van der Waals surface area contributed by atoms with Crippen molar-refractivity contribution in [2.75, 3.05) is 0 Å². The van der Waals surface area contributed by atoms with Gasteiger partial charge >= 0.3 is 6.18 Å². The van der Waals surface area contributed by atoms with Gasteiger partial charge in [0.1, 0.15) is 0 Å². The van der Waals surface area contributed by atoms with Crippen molar-refractivity contribution in [2.45, 2.75) is 13.1 Å². The number of halogens is 3. The summed E-state index contributed by atoms with van der Waals surface area (Å²) in [6, 6.07) is 6.15. The molecule has 3 aromatic rings. The zero-order valence-corrected chi connectivity index (χ0v) is 11.9. The van der Waals surface area contributed by atoms with Crippen molar-refractivity contribution in [3.63, 3.8) is 0 Å². The Hall–Kier alpha value is -2.83. The van der Waals surface area contributed by atoms with E-state index < -0.39 is 23.0 Å². The fraction of sp³-hybridized carbons (Fsp3) is 0.125. The number of alkyl halides is 3. The van der Waals surface area contributed by atoms with Crippen molar-refractivity contribution < 1.29 is 18.3 Å². The maximum absolute atomic E-state index is 13.0. The third kappa shape index (κ3) is 2.54. The van der Waals surface area contributed by atoms with Crippen LogP contribution >= 0.6 is 0 Å². The van der Waals surface area contributed by atoms with Gasteiger partial charge in [-0.2, -0.15) is 13.2 Å². The molecule has 0 bridgehead atoms. The molecular weight excluding hydrogens is 309 g/mol. The lowest BCUT2D eigenvalue weighted by atomic mass is 9.98. The number of aromatic nitrogens is 2. The van der Waals surface area contributed by atoms with Gasteiger partial charge in [-0.1, -0.05) is 6.07 Å². The van der Waals surface area contributed by atoms with Crippen molar-refractivity contribution >= 4 is 10.9 Å². The number of hydrogen-bond acceptors (Lipinski definition) is 3. The van der Waals surface area contributed by atoms with Crippen LogP contribution in [0.25, 0.3) is 22.0 Å². The summed E-state index contributed by atoms with van der Waals surface area (Å²) in [5.74, 6) is -0.632. The Bertz CT molecular complexity index is 962. The molecule has 7 heteroatoms. The van der Waals surface area contributed by atoms with Crippen LogP contribution in [0, 0.1) is 6.92 Å². The Balaban J connectivity index is 2.45. The molecule has 4 nitrogen and oxygen atoms in total. The van der Waals surface area contributed by atoms with Crippen LogP contribution in [0.3, 0.4) is 0 Å². The van der Waals surface area contributed by atoms with E-state index in [0.29, 0.717) is 11.3 Å². The number of nitrogens with one attached hydrogen (secondary N) is 1. The van der Waals surface area contributed by atoms with Crippen molar-refractivity contribution in [3.8, 4) is 16.9 Å². The first kappa shape index (κ1) is 15.1. The maximum atomic E-state index is 13.0. The van der Waals surface area contributed by atoms with Crippen LogP contribution in [0.5, 0.6) is 5.75 Å². The molecule has 23 heavy (non-hydrogen) atoms. The monoisotopic (exact) mass is 320 g/mol. The Morgan fingerprint density at radius 1 is 1.22 bits per heavy atom. The van der Waals surface area contributed by atoms with E-state index in [-0.39, 0.29) is 16.5 Å².